The maximum atomic E-state index is 14.9. The van der Waals surface area contributed by atoms with Gasteiger partial charge in [0.25, 0.3) is 0 Å². The van der Waals surface area contributed by atoms with E-state index in [0.29, 0.717) is 28.7 Å². The topological polar surface area (TPSA) is 98.4 Å². The van der Waals surface area contributed by atoms with Crippen molar-refractivity contribution in [1.29, 1.82) is 0 Å². The van der Waals surface area contributed by atoms with Gasteiger partial charge in [-0.05, 0) is 24.3 Å². The molecule has 0 spiro atoms. The van der Waals surface area contributed by atoms with Crippen LogP contribution in [0.1, 0.15) is 38.4 Å². The van der Waals surface area contributed by atoms with Crippen molar-refractivity contribution in [3.8, 4) is 16.9 Å². The Labute approximate surface area is 209 Å². The molecular weight excluding hydrogens is 483 g/mol. The number of piperidine rings is 1. The molecular formula is C26H27FN4O4S. The zero-order valence-electron chi connectivity index (χ0n) is 20.3. The molecule has 188 valence electrons. The number of hydrogen-bond donors (Lipinski definition) is 0. The van der Waals surface area contributed by atoms with Crippen LogP contribution in [-0.4, -0.2) is 49.0 Å². The maximum Gasteiger partial charge on any atom is 0.324 e. The summed E-state index contributed by atoms with van der Waals surface area (Å²) in [7, 11) is -3.51. The summed E-state index contributed by atoms with van der Waals surface area (Å²) in [6, 6.07) is 11.8. The molecule has 1 saturated heterocycles. The molecule has 0 atom stereocenters. The van der Waals surface area contributed by atoms with Crippen LogP contribution in [-0.2, 0) is 9.84 Å². The van der Waals surface area contributed by atoms with Crippen molar-refractivity contribution in [2.75, 3.05) is 24.2 Å². The summed E-state index contributed by atoms with van der Waals surface area (Å²) < 4.78 is 50.3. The number of aromatic nitrogens is 3. The van der Waals surface area contributed by atoms with Gasteiger partial charge in [0.1, 0.15) is 17.7 Å². The number of hydrogen-bond acceptors (Lipinski definition) is 8. The highest BCUT2D eigenvalue weighted by Gasteiger charge is 2.25. The number of benzene rings is 2. The van der Waals surface area contributed by atoms with Gasteiger partial charge in [-0.15, -0.1) is 0 Å². The second-order valence-electron chi connectivity index (χ2n) is 9.32. The van der Waals surface area contributed by atoms with Gasteiger partial charge in [-0.1, -0.05) is 37.2 Å². The lowest BCUT2D eigenvalue weighted by molar-refractivity contribution is 0.170. The van der Waals surface area contributed by atoms with E-state index >= 15 is 0 Å². The van der Waals surface area contributed by atoms with Crippen LogP contribution >= 0.6 is 0 Å². The van der Waals surface area contributed by atoms with Gasteiger partial charge >= 0.3 is 6.01 Å². The maximum absolute atomic E-state index is 14.9. The van der Waals surface area contributed by atoms with Crippen molar-refractivity contribution in [2.24, 2.45) is 0 Å². The number of fused-ring (bicyclic) bond motifs is 1. The number of rotatable bonds is 6. The van der Waals surface area contributed by atoms with Crippen LogP contribution < -0.4 is 9.64 Å². The Hall–Kier alpha value is -3.53. The molecule has 5 rings (SSSR count). The molecule has 4 aromatic rings. The third kappa shape index (κ3) is 4.77. The quantitative estimate of drug-likeness (QED) is 0.357. The Morgan fingerprint density at radius 2 is 1.89 bits per heavy atom. The zero-order chi connectivity index (χ0) is 25.4. The largest absolute Gasteiger partial charge is 0.490 e. The summed E-state index contributed by atoms with van der Waals surface area (Å²) >= 11 is 0. The third-order valence-electron chi connectivity index (χ3n) is 6.34. The first-order valence-corrected chi connectivity index (χ1v) is 13.7. The highest BCUT2D eigenvalue weighted by molar-refractivity contribution is 7.90. The van der Waals surface area contributed by atoms with Gasteiger partial charge in [-0.25, -0.2) is 12.8 Å². The molecule has 0 unspecified atom stereocenters. The number of halogens is 1. The number of nitrogens with zero attached hydrogens (tertiary/aromatic N) is 4. The monoisotopic (exact) mass is 510 g/mol. The third-order valence-corrected chi connectivity index (χ3v) is 7.45. The summed E-state index contributed by atoms with van der Waals surface area (Å²) in [5.41, 5.74) is 1.44. The molecule has 0 radical (unpaired) electrons. The van der Waals surface area contributed by atoms with E-state index in [1.165, 1.54) is 12.1 Å². The first kappa shape index (κ1) is 24.2. The van der Waals surface area contributed by atoms with Crippen molar-refractivity contribution >= 4 is 26.8 Å². The highest BCUT2D eigenvalue weighted by Crippen LogP contribution is 2.35. The van der Waals surface area contributed by atoms with Gasteiger partial charge in [0, 0.05) is 60.8 Å². The van der Waals surface area contributed by atoms with Crippen molar-refractivity contribution in [3.63, 3.8) is 0 Å². The van der Waals surface area contributed by atoms with Crippen LogP contribution in [0.5, 0.6) is 5.75 Å². The van der Waals surface area contributed by atoms with Gasteiger partial charge in [-0.3, -0.25) is 4.98 Å². The number of pyridine rings is 1. The van der Waals surface area contributed by atoms with Crippen LogP contribution in [0.4, 0.5) is 10.4 Å². The second-order valence-corrected chi connectivity index (χ2v) is 11.3. The summed E-state index contributed by atoms with van der Waals surface area (Å²) in [5, 5.41) is 4.81. The van der Waals surface area contributed by atoms with E-state index in [1.807, 2.05) is 32.0 Å². The Bertz CT molecular complexity index is 1510. The molecule has 36 heavy (non-hydrogen) atoms. The lowest BCUT2D eigenvalue weighted by atomic mass is 10.0. The minimum atomic E-state index is -3.51. The van der Waals surface area contributed by atoms with E-state index in [4.69, 9.17) is 9.26 Å². The molecule has 1 aliphatic rings. The molecule has 1 aliphatic heterocycles. The normalized spacial score (nSPS) is 15.1. The van der Waals surface area contributed by atoms with Crippen molar-refractivity contribution in [3.05, 3.63) is 60.3 Å². The molecule has 8 nitrogen and oxygen atoms in total. The Morgan fingerprint density at radius 1 is 1.11 bits per heavy atom. The van der Waals surface area contributed by atoms with Gasteiger partial charge in [-0.2, -0.15) is 4.98 Å². The second kappa shape index (κ2) is 9.50. The smallest absolute Gasteiger partial charge is 0.324 e. The van der Waals surface area contributed by atoms with Crippen LogP contribution in [0.25, 0.3) is 22.0 Å². The fraction of sp³-hybridized carbons (Fsp3) is 0.346. The van der Waals surface area contributed by atoms with E-state index in [1.54, 1.807) is 12.3 Å². The number of anilines is 1. The lowest BCUT2D eigenvalue weighted by Crippen LogP contribution is -2.38. The highest BCUT2D eigenvalue weighted by atomic mass is 32.2. The van der Waals surface area contributed by atoms with Gasteiger partial charge in [0.2, 0.25) is 0 Å². The summed E-state index contributed by atoms with van der Waals surface area (Å²) in [4.78, 5) is 11.0. The summed E-state index contributed by atoms with van der Waals surface area (Å²) in [5.74, 6) is 0.963. The molecule has 2 aromatic carbocycles. The first-order valence-electron chi connectivity index (χ1n) is 11.8. The van der Waals surface area contributed by atoms with Crippen LogP contribution in [0.2, 0.25) is 0 Å². The SMILES string of the molecule is CC(C)c1noc(N2CCC(Oc3ccnc4c(-c5ccc(S(C)(=O)=O)cc5F)cccc34)CC2)n1. The summed E-state index contributed by atoms with van der Waals surface area (Å²) in [6.45, 7) is 5.52. The number of para-hydroxylation sites is 1. The predicted octanol–water partition coefficient (Wildman–Crippen LogP) is 5.00. The number of sulfone groups is 1. The first-order chi connectivity index (χ1) is 17.2. The van der Waals surface area contributed by atoms with E-state index in [9.17, 15) is 12.8 Å². The van der Waals surface area contributed by atoms with Gasteiger partial charge in [0.15, 0.2) is 15.7 Å². The van der Waals surface area contributed by atoms with E-state index in [0.717, 1.165) is 43.6 Å². The Kier molecular flexibility index (Phi) is 6.38. The molecule has 3 heterocycles. The van der Waals surface area contributed by atoms with Gasteiger partial charge in [0.05, 0.1) is 10.4 Å². The standard InChI is InChI=1S/C26H27FN4O4S/c1-16(2)25-29-26(35-30-25)31-13-10-17(11-14-31)34-23-9-12-28-24-20(5-4-6-21(23)24)19-8-7-18(15-22(19)27)36(3,32)33/h4-9,12,15-17H,10-11,13-14H2,1-3H3. The molecule has 0 aliphatic carbocycles. The Morgan fingerprint density at radius 3 is 2.56 bits per heavy atom. The average Bonchev–Trinajstić information content (AvgIpc) is 3.35. The zero-order valence-corrected chi connectivity index (χ0v) is 21.1. The molecule has 0 amide bonds. The van der Waals surface area contributed by atoms with Gasteiger partial charge < -0.3 is 14.2 Å². The molecule has 0 N–H and O–H groups in total. The molecule has 0 bridgehead atoms. The predicted molar refractivity (Wildman–Crippen MR) is 134 cm³/mol. The van der Waals surface area contributed by atoms with E-state index < -0.39 is 15.7 Å². The van der Waals surface area contributed by atoms with Crippen molar-refractivity contribution in [2.45, 2.75) is 43.6 Å². The van der Waals surface area contributed by atoms with E-state index in [2.05, 4.69) is 20.0 Å². The van der Waals surface area contributed by atoms with Crippen molar-refractivity contribution in [1.82, 2.24) is 15.1 Å². The van der Waals surface area contributed by atoms with E-state index in [-0.39, 0.29) is 22.5 Å². The fourth-order valence-electron chi connectivity index (χ4n) is 4.35. The van der Waals surface area contributed by atoms with Crippen LogP contribution in [0.15, 0.2) is 58.1 Å². The van der Waals surface area contributed by atoms with Crippen LogP contribution in [0, 0.1) is 5.82 Å². The summed E-state index contributed by atoms with van der Waals surface area (Å²) in [6.07, 6.45) is 4.26. The molecule has 1 fully saturated rings. The minimum absolute atomic E-state index is 0.00576. The minimum Gasteiger partial charge on any atom is -0.490 e. The van der Waals surface area contributed by atoms with Crippen molar-refractivity contribution < 1.29 is 22.1 Å². The average molecular weight is 511 g/mol. The Balaban J connectivity index is 1.36. The lowest BCUT2D eigenvalue weighted by Gasteiger charge is -2.31. The fourth-order valence-corrected chi connectivity index (χ4v) is 4.98. The molecule has 2 aromatic heterocycles. The van der Waals surface area contributed by atoms with Crippen LogP contribution in [0.3, 0.4) is 0 Å². The molecule has 0 saturated carbocycles. The molecule has 10 heteroatoms. The number of ether oxygens (including phenoxy) is 1.